The Morgan fingerprint density at radius 2 is 2.14 bits per heavy atom. The molecule has 0 radical (unpaired) electrons. The van der Waals surface area contributed by atoms with Gasteiger partial charge in [0.2, 0.25) is 0 Å². The molecule has 4 rings (SSSR count). The highest BCUT2D eigenvalue weighted by molar-refractivity contribution is 5.93. The summed E-state index contributed by atoms with van der Waals surface area (Å²) in [5, 5.41) is 7.18. The number of fused-ring (bicyclic) bond motifs is 1. The molecule has 2 saturated carbocycles. The molecule has 1 aromatic heterocycles. The summed E-state index contributed by atoms with van der Waals surface area (Å²) in [5.41, 5.74) is 3.50. The van der Waals surface area contributed by atoms with E-state index < -0.39 is 0 Å². The molecule has 2 aliphatic rings. The van der Waals surface area contributed by atoms with Crippen molar-refractivity contribution in [1.29, 1.82) is 0 Å². The molecule has 4 heteroatoms. The number of anilines is 1. The van der Waals surface area contributed by atoms with Gasteiger partial charge in [-0.05, 0) is 68.2 Å². The van der Waals surface area contributed by atoms with Crippen LogP contribution in [0.5, 0.6) is 0 Å². The number of urea groups is 1. The number of carbonyl (C=O) groups excluding carboxylic acids is 1. The predicted molar refractivity (Wildman–Crippen MR) is 89.1 cm³/mol. The number of hydrogen-bond donors (Lipinski definition) is 3. The number of amides is 2. The van der Waals surface area contributed by atoms with Gasteiger partial charge in [-0.25, -0.2) is 4.79 Å². The van der Waals surface area contributed by atoms with Crippen molar-refractivity contribution in [3.8, 4) is 0 Å². The molecule has 0 aliphatic heterocycles. The Bertz CT molecular complexity index is 710. The summed E-state index contributed by atoms with van der Waals surface area (Å²) in [5.74, 6) is 0.862. The van der Waals surface area contributed by atoms with E-state index in [2.05, 4.69) is 21.7 Å². The number of benzene rings is 1. The summed E-state index contributed by atoms with van der Waals surface area (Å²) >= 11 is 0. The van der Waals surface area contributed by atoms with Crippen molar-refractivity contribution in [1.82, 2.24) is 10.3 Å². The summed E-state index contributed by atoms with van der Waals surface area (Å²) in [7, 11) is 0. The van der Waals surface area contributed by atoms with Gasteiger partial charge in [0.1, 0.15) is 0 Å². The molecule has 0 unspecified atom stereocenters. The second kappa shape index (κ2) is 5.04. The van der Waals surface area contributed by atoms with E-state index in [1.807, 2.05) is 25.1 Å². The third kappa shape index (κ3) is 2.47. The van der Waals surface area contributed by atoms with Crippen LogP contribution >= 0.6 is 0 Å². The Morgan fingerprint density at radius 1 is 1.32 bits per heavy atom. The highest BCUT2D eigenvalue weighted by Gasteiger charge is 2.48. The number of aryl methyl sites for hydroxylation is 1. The second-order valence-corrected chi connectivity index (χ2v) is 7.05. The number of rotatable bonds is 4. The predicted octanol–water partition coefficient (Wildman–Crippen LogP) is 4.18. The molecular formula is C18H23N3O. The first-order valence-electron chi connectivity index (χ1n) is 8.29. The van der Waals surface area contributed by atoms with Crippen LogP contribution in [-0.2, 0) is 0 Å². The van der Waals surface area contributed by atoms with Crippen LogP contribution in [0.15, 0.2) is 24.3 Å². The SMILES string of the molecule is Cc1cc2cc(NC(=O)NCC3(C4CC4)CCC3)ccc2[nH]1. The topological polar surface area (TPSA) is 56.9 Å². The van der Waals surface area contributed by atoms with E-state index in [9.17, 15) is 4.79 Å². The van der Waals surface area contributed by atoms with Gasteiger partial charge in [0.15, 0.2) is 0 Å². The zero-order valence-electron chi connectivity index (χ0n) is 13.0. The number of H-pyrrole nitrogens is 1. The molecule has 116 valence electrons. The zero-order valence-corrected chi connectivity index (χ0v) is 13.0. The van der Waals surface area contributed by atoms with E-state index >= 15 is 0 Å². The molecule has 0 bridgehead atoms. The Balaban J connectivity index is 1.38. The van der Waals surface area contributed by atoms with E-state index in [0.717, 1.165) is 34.7 Å². The van der Waals surface area contributed by atoms with E-state index in [-0.39, 0.29) is 6.03 Å². The van der Waals surface area contributed by atoms with Crippen molar-refractivity contribution in [3.05, 3.63) is 30.0 Å². The average molecular weight is 297 g/mol. The summed E-state index contributed by atoms with van der Waals surface area (Å²) in [4.78, 5) is 15.4. The highest BCUT2D eigenvalue weighted by atomic mass is 16.2. The van der Waals surface area contributed by atoms with Crippen molar-refractivity contribution >= 4 is 22.6 Å². The molecule has 1 heterocycles. The quantitative estimate of drug-likeness (QED) is 0.779. The lowest BCUT2D eigenvalue weighted by Gasteiger charge is -2.42. The Labute approximate surface area is 130 Å². The van der Waals surface area contributed by atoms with Crippen LogP contribution in [0.3, 0.4) is 0 Å². The van der Waals surface area contributed by atoms with Gasteiger partial charge < -0.3 is 15.6 Å². The van der Waals surface area contributed by atoms with E-state index in [0.29, 0.717) is 5.41 Å². The molecule has 2 aliphatic carbocycles. The molecular weight excluding hydrogens is 274 g/mol. The Morgan fingerprint density at radius 3 is 2.82 bits per heavy atom. The summed E-state index contributed by atoms with van der Waals surface area (Å²) in [6.45, 7) is 2.87. The molecule has 3 N–H and O–H groups in total. The van der Waals surface area contributed by atoms with Gasteiger partial charge >= 0.3 is 6.03 Å². The molecule has 1 aromatic carbocycles. The number of hydrogen-bond acceptors (Lipinski definition) is 1. The minimum Gasteiger partial charge on any atom is -0.359 e. The lowest BCUT2D eigenvalue weighted by atomic mass is 9.65. The van der Waals surface area contributed by atoms with Crippen molar-refractivity contribution < 1.29 is 4.79 Å². The van der Waals surface area contributed by atoms with Crippen LogP contribution in [0.4, 0.5) is 10.5 Å². The van der Waals surface area contributed by atoms with Crippen LogP contribution in [0, 0.1) is 18.3 Å². The highest BCUT2D eigenvalue weighted by Crippen LogP contribution is 2.56. The molecule has 2 fully saturated rings. The Hall–Kier alpha value is -1.97. The maximum atomic E-state index is 12.2. The average Bonchev–Trinajstić information content (AvgIpc) is 3.19. The van der Waals surface area contributed by atoms with Gasteiger partial charge in [-0.1, -0.05) is 6.42 Å². The van der Waals surface area contributed by atoms with Crippen LogP contribution in [-0.4, -0.2) is 17.6 Å². The van der Waals surface area contributed by atoms with Crippen molar-refractivity contribution in [3.63, 3.8) is 0 Å². The maximum absolute atomic E-state index is 12.2. The standard InChI is InChI=1S/C18H23N3O/c1-12-9-13-10-15(5-6-16(13)20-12)21-17(22)19-11-18(7-2-8-18)14-3-4-14/h5-6,9-10,14,20H,2-4,7-8,11H2,1H3,(H2,19,21,22). The maximum Gasteiger partial charge on any atom is 0.319 e. The minimum absolute atomic E-state index is 0.0847. The van der Waals surface area contributed by atoms with E-state index in [1.54, 1.807) is 0 Å². The van der Waals surface area contributed by atoms with Crippen LogP contribution in [0.2, 0.25) is 0 Å². The Kier molecular flexibility index (Phi) is 3.13. The number of aromatic nitrogens is 1. The van der Waals surface area contributed by atoms with Gasteiger partial charge in [0.05, 0.1) is 0 Å². The monoisotopic (exact) mass is 297 g/mol. The van der Waals surface area contributed by atoms with Gasteiger partial charge in [0, 0.05) is 28.8 Å². The second-order valence-electron chi connectivity index (χ2n) is 7.05. The first-order valence-corrected chi connectivity index (χ1v) is 8.29. The van der Waals surface area contributed by atoms with Crippen molar-refractivity contribution in [2.75, 3.05) is 11.9 Å². The van der Waals surface area contributed by atoms with E-state index in [1.165, 1.54) is 32.1 Å². The van der Waals surface area contributed by atoms with Crippen molar-refractivity contribution in [2.24, 2.45) is 11.3 Å². The molecule has 0 atom stereocenters. The smallest absolute Gasteiger partial charge is 0.319 e. The fraction of sp³-hybridized carbons (Fsp3) is 0.500. The number of carbonyl (C=O) groups is 1. The van der Waals surface area contributed by atoms with Crippen LogP contribution in [0.25, 0.3) is 10.9 Å². The van der Waals surface area contributed by atoms with Crippen LogP contribution in [0.1, 0.15) is 37.8 Å². The number of nitrogens with one attached hydrogen (secondary N) is 3. The lowest BCUT2D eigenvalue weighted by Crippen LogP contribution is -2.44. The summed E-state index contributed by atoms with van der Waals surface area (Å²) < 4.78 is 0. The summed E-state index contributed by atoms with van der Waals surface area (Å²) in [6.07, 6.45) is 6.60. The minimum atomic E-state index is -0.0847. The summed E-state index contributed by atoms with van der Waals surface area (Å²) in [6, 6.07) is 7.97. The molecule has 4 nitrogen and oxygen atoms in total. The molecule has 2 amide bonds. The normalized spacial score (nSPS) is 19.7. The molecule has 0 spiro atoms. The molecule has 2 aromatic rings. The first-order chi connectivity index (χ1) is 10.6. The fourth-order valence-corrected chi connectivity index (χ4v) is 3.84. The first kappa shape index (κ1) is 13.7. The lowest BCUT2D eigenvalue weighted by molar-refractivity contribution is 0.103. The number of aromatic amines is 1. The third-order valence-electron chi connectivity index (χ3n) is 5.41. The molecule has 22 heavy (non-hydrogen) atoms. The fourth-order valence-electron chi connectivity index (χ4n) is 3.84. The third-order valence-corrected chi connectivity index (χ3v) is 5.41. The van der Waals surface area contributed by atoms with Gasteiger partial charge in [0.25, 0.3) is 0 Å². The largest absolute Gasteiger partial charge is 0.359 e. The van der Waals surface area contributed by atoms with Crippen LogP contribution < -0.4 is 10.6 Å². The molecule has 0 saturated heterocycles. The van der Waals surface area contributed by atoms with Gasteiger partial charge in [-0.3, -0.25) is 0 Å². The van der Waals surface area contributed by atoms with Gasteiger partial charge in [-0.2, -0.15) is 0 Å². The van der Waals surface area contributed by atoms with E-state index in [4.69, 9.17) is 0 Å². The van der Waals surface area contributed by atoms with Gasteiger partial charge in [-0.15, -0.1) is 0 Å². The van der Waals surface area contributed by atoms with Crippen molar-refractivity contribution in [2.45, 2.75) is 39.0 Å². The zero-order chi connectivity index (χ0) is 15.2.